The summed E-state index contributed by atoms with van der Waals surface area (Å²) in [6.45, 7) is 8.59. The van der Waals surface area contributed by atoms with Crippen molar-refractivity contribution in [2.45, 2.75) is 39.2 Å². The minimum absolute atomic E-state index is 0.0611. The Kier molecular flexibility index (Phi) is 5.28. The molecule has 138 valence electrons. The van der Waals surface area contributed by atoms with Gasteiger partial charge in [0, 0.05) is 41.2 Å². The van der Waals surface area contributed by atoms with E-state index in [9.17, 15) is 0 Å². The Bertz CT molecular complexity index is 851. The smallest absolute Gasteiger partial charge is 0.139 e. The molecule has 0 saturated heterocycles. The fourth-order valence-electron chi connectivity index (χ4n) is 2.98. The second-order valence-electron chi connectivity index (χ2n) is 8.10. The third-order valence-corrected chi connectivity index (χ3v) is 4.52. The number of aromatic nitrogens is 4. The number of nitrogens with one attached hydrogen (secondary N) is 1. The summed E-state index contributed by atoms with van der Waals surface area (Å²) < 4.78 is 2.23. The first-order chi connectivity index (χ1) is 12.3. The minimum atomic E-state index is 0.0611. The molecule has 26 heavy (non-hydrogen) atoms. The number of benzene rings is 1. The van der Waals surface area contributed by atoms with Crippen molar-refractivity contribution in [1.82, 2.24) is 24.6 Å². The standard InChI is InChI=1S/C21H29N5/c1-21(2,3)19-15-18(23-24-19)16-8-6-9-17(14-16)20-22-10-13-26(20)12-7-11-25(4)5/h6,8-10,13-15H,7,11-12H2,1-5H3,(H,23,24). The summed E-state index contributed by atoms with van der Waals surface area (Å²) in [6, 6.07) is 10.6. The lowest BCUT2D eigenvalue weighted by Gasteiger charge is -2.14. The summed E-state index contributed by atoms with van der Waals surface area (Å²) in [5, 5.41) is 7.68. The highest BCUT2D eigenvalue weighted by atomic mass is 15.1. The second kappa shape index (κ2) is 7.46. The molecular weight excluding hydrogens is 322 g/mol. The highest BCUT2D eigenvalue weighted by molar-refractivity contribution is 5.68. The molecule has 0 radical (unpaired) electrons. The molecule has 3 aromatic rings. The van der Waals surface area contributed by atoms with Crippen LogP contribution in [0, 0.1) is 0 Å². The number of aromatic amines is 1. The highest BCUT2D eigenvalue weighted by Gasteiger charge is 2.17. The molecule has 0 fully saturated rings. The van der Waals surface area contributed by atoms with Gasteiger partial charge in [0.15, 0.2) is 0 Å². The lowest BCUT2D eigenvalue weighted by molar-refractivity contribution is 0.387. The lowest BCUT2D eigenvalue weighted by atomic mass is 9.92. The van der Waals surface area contributed by atoms with Crippen molar-refractivity contribution in [2.24, 2.45) is 0 Å². The molecule has 0 unspecified atom stereocenters. The predicted octanol–water partition coefficient (Wildman–Crippen LogP) is 4.19. The van der Waals surface area contributed by atoms with Crippen LogP contribution in [0.2, 0.25) is 0 Å². The van der Waals surface area contributed by atoms with Crippen LogP contribution in [0.15, 0.2) is 42.7 Å². The van der Waals surface area contributed by atoms with E-state index in [-0.39, 0.29) is 5.41 Å². The van der Waals surface area contributed by atoms with Crippen LogP contribution in [0.4, 0.5) is 0 Å². The summed E-state index contributed by atoms with van der Waals surface area (Å²) in [5.74, 6) is 1.01. The van der Waals surface area contributed by atoms with E-state index in [0.29, 0.717) is 0 Å². The minimum Gasteiger partial charge on any atom is -0.331 e. The van der Waals surface area contributed by atoms with E-state index in [1.54, 1.807) is 0 Å². The largest absolute Gasteiger partial charge is 0.331 e. The van der Waals surface area contributed by atoms with Gasteiger partial charge in [-0.15, -0.1) is 0 Å². The van der Waals surface area contributed by atoms with Crippen LogP contribution >= 0.6 is 0 Å². The van der Waals surface area contributed by atoms with Crippen LogP contribution in [-0.2, 0) is 12.0 Å². The van der Waals surface area contributed by atoms with Gasteiger partial charge in [0.05, 0.1) is 5.69 Å². The fourth-order valence-corrected chi connectivity index (χ4v) is 2.98. The van der Waals surface area contributed by atoms with Crippen LogP contribution in [0.25, 0.3) is 22.6 Å². The van der Waals surface area contributed by atoms with Crippen LogP contribution in [-0.4, -0.2) is 45.3 Å². The van der Waals surface area contributed by atoms with Crippen molar-refractivity contribution in [2.75, 3.05) is 20.6 Å². The molecule has 1 N–H and O–H groups in total. The second-order valence-corrected chi connectivity index (χ2v) is 8.10. The summed E-state index contributed by atoms with van der Waals surface area (Å²) in [4.78, 5) is 6.79. The van der Waals surface area contributed by atoms with Gasteiger partial charge in [0.1, 0.15) is 5.82 Å². The van der Waals surface area contributed by atoms with Gasteiger partial charge in [0.25, 0.3) is 0 Å². The monoisotopic (exact) mass is 351 g/mol. The molecule has 0 amide bonds. The summed E-state index contributed by atoms with van der Waals surface area (Å²) >= 11 is 0. The Morgan fingerprint density at radius 1 is 1.12 bits per heavy atom. The maximum absolute atomic E-state index is 4.58. The molecule has 2 aromatic heterocycles. The number of aryl methyl sites for hydroxylation is 1. The maximum Gasteiger partial charge on any atom is 0.139 e. The Hall–Kier alpha value is -2.40. The van der Waals surface area contributed by atoms with E-state index in [2.05, 4.69) is 96.0 Å². The van der Waals surface area contributed by atoms with Gasteiger partial charge in [-0.25, -0.2) is 4.98 Å². The molecule has 0 aliphatic rings. The molecule has 0 aliphatic heterocycles. The zero-order valence-electron chi connectivity index (χ0n) is 16.5. The third-order valence-electron chi connectivity index (χ3n) is 4.52. The molecule has 3 rings (SSSR count). The predicted molar refractivity (Wildman–Crippen MR) is 107 cm³/mol. The van der Waals surface area contributed by atoms with Gasteiger partial charge < -0.3 is 9.47 Å². The van der Waals surface area contributed by atoms with E-state index in [0.717, 1.165) is 47.8 Å². The molecule has 0 atom stereocenters. The quantitative estimate of drug-likeness (QED) is 0.724. The molecule has 2 heterocycles. The van der Waals surface area contributed by atoms with E-state index < -0.39 is 0 Å². The van der Waals surface area contributed by atoms with Crippen LogP contribution < -0.4 is 0 Å². The first-order valence-corrected chi connectivity index (χ1v) is 9.17. The molecule has 0 bridgehead atoms. The number of hydrogen-bond acceptors (Lipinski definition) is 3. The van der Waals surface area contributed by atoms with Crippen LogP contribution in [0.3, 0.4) is 0 Å². The average molecular weight is 351 g/mol. The lowest BCUT2D eigenvalue weighted by Crippen LogP contribution is -2.15. The topological polar surface area (TPSA) is 49.7 Å². The normalized spacial score (nSPS) is 12.1. The van der Waals surface area contributed by atoms with Crippen LogP contribution in [0.1, 0.15) is 32.9 Å². The van der Waals surface area contributed by atoms with E-state index in [4.69, 9.17) is 0 Å². The fraction of sp³-hybridized carbons (Fsp3) is 0.429. The molecule has 0 saturated carbocycles. The van der Waals surface area contributed by atoms with Crippen molar-refractivity contribution in [3.63, 3.8) is 0 Å². The Morgan fingerprint density at radius 3 is 2.58 bits per heavy atom. The Morgan fingerprint density at radius 2 is 1.88 bits per heavy atom. The zero-order valence-corrected chi connectivity index (χ0v) is 16.5. The van der Waals surface area contributed by atoms with Crippen molar-refractivity contribution < 1.29 is 0 Å². The molecule has 5 heteroatoms. The van der Waals surface area contributed by atoms with Crippen LogP contribution in [0.5, 0.6) is 0 Å². The molecule has 0 aliphatic carbocycles. The Balaban J connectivity index is 1.84. The molecule has 5 nitrogen and oxygen atoms in total. The van der Waals surface area contributed by atoms with Gasteiger partial charge >= 0.3 is 0 Å². The number of H-pyrrole nitrogens is 1. The number of imidazole rings is 1. The van der Waals surface area contributed by atoms with Gasteiger partial charge in [-0.05, 0) is 39.2 Å². The van der Waals surface area contributed by atoms with Gasteiger partial charge in [-0.1, -0.05) is 39.0 Å². The van der Waals surface area contributed by atoms with Crippen molar-refractivity contribution in [3.05, 3.63) is 48.4 Å². The number of hydrogen-bond donors (Lipinski definition) is 1. The molecule has 1 aromatic carbocycles. The maximum atomic E-state index is 4.58. The zero-order chi connectivity index (χ0) is 18.7. The average Bonchev–Trinajstić information content (AvgIpc) is 3.24. The van der Waals surface area contributed by atoms with E-state index in [1.165, 1.54) is 0 Å². The van der Waals surface area contributed by atoms with Gasteiger partial charge in [-0.2, -0.15) is 5.10 Å². The van der Waals surface area contributed by atoms with Gasteiger partial charge in [-0.3, -0.25) is 5.10 Å². The summed E-state index contributed by atoms with van der Waals surface area (Å²) in [7, 11) is 4.21. The van der Waals surface area contributed by atoms with Crippen molar-refractivity contribution in [1.29, 1.82) is 0 Å². The van der Waals surface area contributed by atoms with E-state index in [1.807, 2.05) is 6.20 Å². The first kappa shape index (κ1) is 18.4. The SMILES string of the molecule is CN(C)CCCn1ccnc1-c1cccc(-c2cc(C(C)(C)C)[nH]n2)c1. The molecular formula is C21H29N5. The third kappa shape index (κ3) is 4.22. The van der Waals surface area contributed by atoms with E-state index >= 15 is 0 Å². The molecule has 0 spiro atoms. The first-order valence-electron chi connectivity index (χ1n) is 9.17. The van der Waals surface area contributed by atoms with Crippen molar-refractivity contribution >= 4 is 0 Å². The number of nitrogens with zero attached hydrogens (tertiary/aromatic N) is 4. The number of rotatable bonds is 6. The Labute approximate surface area is 156 Å². The summed E-state index contributed by atoms with van der Waals surface area (Å²) in [5.41, 5.74) is 4.41. The summed E-state index contributed by atoms with van der Waals surface area (Å²) in [6.07, 6.45) is 5.04. The van der Waals surface area contributed by atoms with Gasteiger partial charge in [0.2, 0.25) is 0 Å². The van der Waals surface area contributed by atoms with Crippen molar-refractivity contribution in [3.8, 4) is 22.6 Å². The highest BCUT2D eigenvalue weighted by Crippen LogP contribution is 2.28.